The molecule has 1 aliphatic heterocycles. The first-order valence-electron chi connectivity index (χ1n) is 11.8. The Hall–Kier alpha value is -2.87. The quantitative estimate of drug-likeness (QED) is 0.380. The van der Waals surface area contributed by atoms with Gasteiger partial charge in [-0.25, -0.2) is 0 Å². The first kappa shape index (κ1) is 26.7. The summed E-state index contributed by atoms with van der Waals surface area (Å²) in [7, 11) is 0. The zero-order valence-electron chi connectivity index (χ0n) is 20.5. The number of rotatable bonds is 9. The Labute approximate surface area is 215 Å². The SMILES string of the molecule is CC(C)(C)c1ccc(OCC(=O)N2CCNC(=O)C2CC(=O)OCCCc2ccccc2)c(Br)c1. The number of nitrogens with one attached hydrogen (secondary N) is 1. The predicted molar refractivity (Wildman–Crippen MR) is 137 cm³/mol. The average molecular weight is 545 g/mol. The van der Waals surface area contributed by atoms with Crippen LogP contribution in [0.25, 0.3) is 0 Å². The third-order valence-corrected chi connectivity index (χ3v) is 6.50. The number of piperazine rings is 1. The van der Waals surface area contributed by atoms with Crippen molar-refractivity contribution in [2.24, 2.45) is 0 Å². The van der Waals surface area contributed by atoms with Gasteiger partial charge in [-0.3, -0.25) is 14.4 Å². The van der Waals surface area contributed by atoms with Gasteiger partial charge in [-0.1, -0.05) is 57.2 Å². The Morgan fingerprint density at radius 1 is 1.14 bits per heavy atom. The van der Waals surface area contributed by atoms with E-state index in [1.807, 2.05) is 48.5 Å². The highest BCUT2D eigenvalue weighted by Gasteiger charge is 2.35. The minimum absolute atomic E-state index is 0.0125. The number of esters is 1. The van der Waals surface area contributed by atoms with E-state index >= 15 is 0 Å². The molecule has 188 valence electrons. The molecule has 2 amide bonds. The van der Waals surface area contributed by atoms with Crippen LogP contribution in [0.15, 0.2) is 53.0 Å². The van der Waals surface area contributed by atoms with E-state index in [1.165, 1.54) is 10.5 Å². The van der Waals surface area contributed by atoms with Gasteiger partial charge in [0, 0.05) is 13.1 Å². The highest BCUT2D eigenvalue weighted by atomic mass is 79.9. The van der Waals surface area contributed by atoms with Crippen molar-refractivity contribution in [3.8, 4) is 5.75 Å². The van der Waals surface area contributed by atoms with E-state index < -0.39 is 12.0 Å². The second-order valence-corrected chi connectivity index (χ2v) is 10.4. The topological polar surface area (TPSA) is 84.9 Å². The monoisotopic (exact) mass is 544 g/mol. The maximum Gasteiger partial charge on any atom is 0.308 e. The fourth-order valence-electron chi connectivity index (χ4n) is 3.85. The third-order valence-electron chi connectivity index (χ3n) is 5.88. The molecule has 0 saturated carbocycles. The lowest BCUT2D eigenvalue weighted by molar-refractivity contribution is -0.152. The van der Waals surface area contributed by atoms with Crippen molar-refractivity contribution in [1.82, 2.24) is 10.2 Å². The molecule has 0 bridgehead atoms. The van der Waals surface area contributed by atoms with Gasteiger partial charge in [-0.2, -0.15) is 0 Å². The molecule has 1 fully saturated rings. The number of benzene rings is 2. The first-order chi connectivity index (χ1) is 16.6. The summed E-state index contributed by atoms with van der Waals surface area (Å²) < 4.78 is 11.8. The number of halogens is 1. The molecule has 0 radical (unpaired) electrons. The molecule has 1 saturated heterocycles. The fourth-order valence-corrected chi connectivity index (χ4v) is 4.34. The first-order valence-corrected chi connectivity index (χ1v) is 12.6. The van der Waals surface area contributed by atoms with Crippen LogP contribution in [0.4, 0.5) is 0 Å². The lowest BCUT2D eigenvalue weighted by Gasteiger charge is -2.34. The Bertz CT molecular complexity index is 1040. The minimum Gasteiger partial charge on any atom is -0.483 e. The summed E-state index contributed by atoms with van der Waals surface area (Å²) in [5.74, 6) is -0.670. The second-order valence-electron chi connectivity index (χ2n) is 9.59. The highest BCUT2D eigenvalue weighted by molar-refractivity contribution is 9.10. The van der Waals surface area contributed by atoms with Crippen LogP contribution in [-0.4, -0.2) is 55.0 Å². The van der Waals surface area contributed by atoms with Crippen molar-refractivity contribution in [3.63, 3.8) is 0 Å². The van der Waals surface area contributed by atoms with Crippen molar-refractivity contribution >= 4 is 33.7 Å². The standard InChI is InChI=1S/C27H33BrN2O5/c1-27(2,3)20-11-12-23(21(28)16-20)35-18-24(31)30-14-13-29-26(33)22(30)17-25(32)34-15-7-10-19-8-5-4-6-9-19/h4-6,8-9,11-12,16,22H,7,10,13-15,17-18H2,1-3H3,(H,29,33). The van der Waals surface area contributed by atoms with Crippen LogP contribution in [0.1, 0.15) is 44.7 Å². The molecule has 35 heavy (non-hydrogen) atoms. The van der Waals surface area contributed by atoms with Crippen LogP contribution in [-0.2, 0) is 31.0 Å². The van der Waals surface area contributed by atoms with Crippen LogP contribution < -0.4 is 10.1 Å². The molecular weight excluding hydrogens is 512 g/mol. The van der Waals surface area contributed by atoms with Crippen molar-refractivity contribution in [2.45, 2.75) is 51.5 Å². The molecule has 2 aromatic rings. The van der Waals surface area contributed by atoms with Gasteiger partial charge in [0.05, 0.1) is 17.5 Å². The zero-order chi connectivity index (χ0) is 25.4. The van der Waals surface area contributed by atoms with Gasteiger partial charge in [0.1, 0.15) is 11.8 Å². The van der Waals surface area contributed by atoms with Crippen molar-refractivity contribution in [2.75, 3.05) is 26.3 Å². The predicted octanol–water partition coefficient (Wildman–Crippen LogP) is 4.02. The summed E-state index contributed by atoms with van der Waals surface area (Å²) in [4.78, 5) is 39.2. The van der Waals surface area contributed by atoms with Crippen LogP contribution in [0.2, 0.25) is 0 Å². The average Bonchev–Trinajstić information content (AvgIpc) is 2.82. The third kappa shape index (κ3) is 7.82. The maximum absolute atomic E-state index is 12.9. The minimum atomic E-state index is -0.909. The van der Waals surface area contributed by atoms with Gasteiger partial charge in [-0.05, 0) is 57.4 Å². The van der Waals surface area contributed by atoms with Crippen LogP contribution >= 0.6 is 15.9 Å². The Kier molecular flexibility index (Phi) is 9.32. The molecular formula is C27H33BrN2O5. The lowest BCUT2D eigenvalue weighted by atomic mass is 9.87. The Balaban J connectivity index is 1.52. The van der Waals surface area contributed by atoms with E-state index in [2.05, 4.69) is 42.0 Å². The van der Waals surface area contributed by atoms with Crippen LogP contribution in [0, 0.1) is 0 Å². The van der Waals surface area contributed by atoms with E-state index in [-0.39, 0.29) is 36.9 Å². The molecule has 1 atom stereocenters. The number of hydrogen-bond acceptors (Lipinski definition) is 5. The van der Waals surface area contributed by atoms with Gasteiger partial charge in [0.15, 0.2) is 6.61 Å². The van der Waals surface area contributed by atoms with E-state index in [0.29, 0.717) is 25.3 Å². The molecule has 1 heterocycles. The van der Waals surface area contributed by atoms with Crippen LogP contribution in [0.5, 0.6) is 5.75 Å². The second kappa shape index (κ2) is 12.2. The highest BCUT2D eigenvalue weighted by Crippen LogP contribution is 2.31. The smallest absolute Gasteiger partial charge is 0.308 e. The van der Waals surface area contributed by atoms with Gasteiger partial charge in [0.2, 0.25) is 5.91 Å². The molecule has 8 heteroatoms. The van der Waals surface area contributed by atoms with E-state index in [1.54, 1.807) is 0 Å². The molecule has 0 spiro atoms. The molecule has 1 unspecified atom stereocenters. The molecule has 7 nitrogen and oxygen atoms in total. The van der Waals surface area contributed by atoms with Gasteiger partial charge >= 0.3 is 5.97 Å². The van der Waals surface area contributed by atoms with E-state index in [4.69, 9.17) is 9.47 Å². The van der Waals surface area contributed by atoms with Crippen molar-refractivity contribution < 1.29 is 23.9 Å². The number of aryl methyl sites for hydroxylation is 1. The number of carbonyl (C=O) groups is 3. The number of hydrogen-bond donors (Lipinski definition) is 1. The van der Waals surface area contributed by atoms with Gasteiger partial charge < -0.3 is 19.7 Å². The normalized spacial score (nSPS) is 15.9. The van der Waals surface area contributed by atoms with Crippen molar-refractivity contribution in [3.05, 3.63) is 64.1 Å². The van der Waals surface area contributed by atoms with Gasteiger partial charge in [0.25, 0.3) is 5.91 Å². The largest absolute Gasteiger partial charge is 0.483 e. The molecule has 2 aromatic carbocycles. The summed E-state index contributed by atoms with van der Waals surface area (Å²) in [6.45, 7) is 7.03. The zero-order valence-corrected chi connectivity index (χ0v) is 22.1. The number of ether oxygens (including phenoxy) is 2. The summed E-state index contributed by atoms with van der Waals surface area (Å²) in [6, 6.07) is 14.8. The van der Waals surface area contributed by atoms with Gasteiger partial charge in [-0.15, -0.1) is 0 Å². The van der Waals surface area contributed by atoms with E-state index in [0.717, 1.165) is 16.5 Å². The number of amides is 2. The van der Waals surface area contributed by atoms with Crippen LogP contribution in [0.3, 0.4) is 0 Å². The Morgan fingerprint density at radius 3 is 2.57 bits per heavy atom. The summed E-state index contributed by atoms with van der Waals surface area (Å²) in [5, 5.41) is 2.73. The molecule has 0 aromatic heterocycles. The Morgan fingerprint density at radius 2 is 1.89 bits per heavy atom. The molecule has 3 rings (SSSR count). The lowest BCUT2D eigenvalue weighted by Crippen LogP contribution is -2.58. The van der Waals surface area contributed by atoms with Crippen molar-refractivity contribution in [1.29, 1.82) is 0 Å². The summed E-state index contributed by atoms with van der Waals surface area (Å²) in [6.07, 6.45) is 1.30. The molecule has 1 N–H and O–H groups in total. The number of carbonyl (C=O) groups excluding carboxylic acids is 3. The number of nitrogens with zero attached hydrogens (tertiary/aromatic N) is 1. The summed E-state index contributed by atoms with van der Waals surface area (Å²) >= 11 is 3.51. The maximum atomic E-state index is 12.9. The molecule has 0 aliphatic carbocycles. The van der Waals surface area contributed by atoms with E-state index in [9.17, 15) is 14.4 Å². The fraction of sp³-hybridized carbons (Fsp3) is 0.444. The molecule has 1 aliphatic rings. The summed E-state index contributed by atoms with van der Waals surface area (Å²) in [5.41, 5.74) is 2.30.